The minimum atomic E-state index is -1.06. The van der Waals surface area contributed by atoms with Gasteiger partial charge in [0.25, 0.3) is 5.91 Å². The van der Waals surface area contributed by atoms with Crippen LogP contribution < -0.4 is 10.1 Å². The molecular formula is C18H19ClN2O5. The smallest absolute Gasteiger partial charge is 0.355 e. The summed E-state index contributed by atoms with van der Waals surface area (Å²) in [5, 5.41) is 3.15. The number of ether oxygens (including phenoxy) is 2. The first-order valence-electron chi connectivity index (χ1n) is 7.78. The normalized spacial score (nSPS) is 11.6. The van der Waals surface area contributed by atoms with Gasteiger partial charge in [-0.3, -0.25) is 9.59 Å². The molecule has 1 amide bonds. The number of hydrogen-bond acceptors (Lipinski definition) is 5. The van der Waals surface area contributed by atoms with Crippen LogP contribution in [-0.4, -0.2) is 35.9 Å². The zero-order chi connectivity index (χ0) is 19.4. The number of Topliss-reactive ketones (excluding diaryl/α,β-unsaturated/α-hetero) is 1. The number of aromatic nitrogens is 1. The van der Waals surface area contributed by atoms with Crippen LogP contribution in [0.4, 0.5) is 5.69 Å². The Morgan fingerprint density at radius 2 is 1.92 bits per heavy atom. The summed E-state index contributed by atoms with van der Waals surface area (Å²) in [6.45, 7) is 4.62. The molecule has 2 N–H and O–H groups in total. The van der Waals surface area contributed by atoms with Crippen molar-refractivity contribution in [3.8, 4) is 5.75 Å². The lowest BCUT2D eigenvalue weighted by Gasteiger charge is -2.16. The Morgan fingerprint density at radius 3 is 2.50 bits per heavy atom. The van der Waals surface area contributed by atoms with E-state index in [0.29, 0.717) is 22.0 Å². The van der Waals surface area contributed by atoms with Crippen molar-refractivity contribution in [3.63, 3.8) is 0 Å². The number of amides is 1. The fourth-order valence-electron chi connectivity index (χ4n) is 2.16. The molecule has 2 aromatic rings. The van der Waals surface area contributed by atoms with Crippen LogP contribution >= 0.6 is 11.6 Å². The van der Waals surface area contributed by atoms with Crippen LogP contribution in [-0.2, 0) is 9.53 Å². The summed E-state index contributed by atoms with van der Waals surface area (Å²) >= 11 is 6.04. The topological polar surface area (TPSA) is 97.5 Å². The zero-order valence-corrected chi connectivity index (χ0v) is 15.6. The van der Waals surface area contributed by atoms with E-state index in [2.05, 4.69) is 10.3 Å². The molecule has 0 bridgehead atoms. The van der Waals surface area contributed by atoms with Crippen molar-refractivity contribution in [1.82, 2.24) is 4.98 Å². The van der Waals surface area contributed by atoms with Crippen molar-refractivity contribution in [2.24, 2.45) is 0 Å². The van der Waals surface area contributed by atoms with Gasteiger partial charge < -0.3 is 19.8 Å². The highest BCUT2D eigenvalue weighted by atomic mass is 35.5. The Morgan fingerprint density at radius 1 is 1.23 bits per heavy atom. The average molecular weight is 379 g/mol. The summed E-state index contributed by atoms with van der Waals surface area (Å²) in [5.41, 5.74) is 1.63. The molecule has 1 atom stereocenters. The summed E-state index contributed by atoms with van der Waals surface area (Å²) in [5.74, 6) is -1.06. The van der Waals surface area contributed by atoms with Crippen molar-refractivity contribution in [1.29, 1.82) is 0 Å². The number of H-pyrrole nitrogens is 1. The third kappa shape index (κ3) is 4.43. The number of nitrogens with one attached hydrogen (secondary N) is 2. The number of hydrogen-bond donors (Lipinski definition) is 2. The summed E-state index contributed by atoms with van der Waals surface area (Å²) < 4.78 is 10.3. The molecular weight excluding hydrogens is 360 g/mol. The molecule has 0 spiro atoms. The van der Waals surface area contributed by atoms with E-state index in [-0.39, 0.29) is 11.5 Å². The van der Waals surface area contributed by atoms with Gasteiger partial charge in [-0.2, -0.15) is 0 Å². The van der Waals surface area contributed by atoms with E-state index in [9.17, 15) is 14.4 Å². The van der Waals surface area contributed by atoms with E-state index in [4.69, 9.17) is 21.1 Å². The van der Waals surface area contributed by atoms with Crippen LogP contribution in [0.2, 0.25) is 5.02 Å². The van der Waals surface area contributed by atoms with Crippen molar-refractivity contribution in [2.45, 2.75) is 26.9 Å². The fraction of sp³-hybridized carbons (Fsp3) is 0.278. The number of rotatable bonds is 6. The van der Waals surface area contributed by atoms with Crippen LogP contribution in [0.5, 0.6) is 5.75 Å². The van der Waals surface area contributed by atoms with Gasteiger partial charge in [0.15, 0.2) is 11.9 Å². The van der Waals surface area contributed by atoms with E-state index in [1.54, 1.807) is 19.1 Å². The lowest BCUT2D eigenvalue weighted by atomic mass is 10.2. The minimum Gasteiger partial charge on any atom is -0.495 e. The molecule has 0 radical (unpaired) electrons. The van der Waals surface area contributed by atoms with Crippen LogP contribution in [0, 0.1) is 6.92 Å². The summed E-state index contributed by atoms with van der Waals surface area (Å²) in [6.07, 6.45) is 0.345. The van der Waals surface area contributed by atoms with E-state index in [0.717, 1.165) is 5.56 Å². The molecule has 0 aliphatic heterocycles. The van der Waals surface area contributed by atoms with Gasteiger partial charge in [0.1, 0.15) is 11.4 Å². The maximum atomic E-state index is 12.3. The molecule has 138 valence electrons. The van der Waals surface area contributed by atoms with Gasteiger partial charge >= 0.3 is 5.97 Å². The molecule has 0 aliphatic carbocycles. The number of carbonyl (C=O) groups excluding carboxylic acids is 3. The van der Waals surface area contributed by atoms with E-state index in [1.165, 1.54) is 33.2 Å². The van der Waals surface area contributed by atoms with Crippen molar-refractivity contribution in [2.75, 3.05) is 12.4 Å². The maximum Gasteiger partial charge on any atom is 0.355 e. The number of carbonyl (C=O) groups is 3. The second kappa shape index (κ2) is 8.05. The third-order valence-electron chi connectivity index (χ3n) is 3.70. The molecule has 26 heavy (non-hydrogen) atoms. The van der Waals surface area contributed by atoms with Crippen LogP contribution in [0.25, 0.3) is 0 Å². The highest BCUT2D eigenvalue weighted by molar-refractivity contribution is 6.31. The lowest BCUT2D eigenvalue weighted by molar-refractivity contribution is -0.123. The first kappa shape index (κ1) is 19.5. The van der Waals surface area contributed by atoms with Crippen molar-refractivity contribution < 1.29 is 23.9 Å². The molecule has 0 unspecified atom stereocenters. The zero-order valence-electron chi connectivity index (χ0n) is 14.8. The van der Waals surface area contributed by atoms with Gasteiger partial charge in [-0.15, -0.1) is 0 Å². The molecule has 1 aromatic heterocycles. The van der Waals surface area contributed by atoms with Gasteiger partial charge in [-0.25, -0.2) is 4.79 Å². The number of aryl methyl sites for hydroxylation is 1. The van der Waals surface area contributed by atoms with Gasteiger partial charge in [0.05, 0.1) is 12.8 Å². The van der Waals surface area contributed by atoms with Crippen LogP contribution in [0.3, 0.4) is 0 Å². The van der Waals surface area contributed by atoms with Gasteiger partial charge in [0, 0.05) is 22.8 Å². The van der Waals surface area contributed by atoms with Gasteiger partial charge in [-0.1, -0.05) is 11.6 Å². The quantitative estimate of drug-likeness (QED) is 0.593. The third-order valence-corrected chi connectivity index (χ3v) is 4.11. The van der Waals surface area contributed by atoms with Crippen molar-refractivity contribution >= 4 is 34.9 Å². The molecule has 7 nitrogen and oxygen atoms in total. The number of aromatic amines is 1. The molecule has 0 saturated heterocycles. The average Bonchev–Trinajstić information content (AvgIpc) is 3.08. The number of anilines is 1. The monoisotopic (exact) mass is 378 g/mol. The molecule has 0 fully saturated rings. The lowest BCUT2D eigenvalue weighted by Crippen LogP contribution is -2.30. The standard InChI is InChI=1S/C18H19ClN2O5/c1-9-5-14(16(25-4)7-13(9)19)21-17(23)11(3)26-18(24)15-6-12(8-20-15)10(2)22/h5-8,11,20H,1-4H3,(H,21,23)/t11-/m0/s1. The Kier molecular flexibility index (Phi) is 6.05. The number of halogens is 1. The highest BCUT2D eigenvalue weighted by Gasteiger charge is 2.22. The SMILES string of the molecule is COc1cc(Cl)c(C)cc1NC(=O)[C@H](C)OC(=O)c1cc(C(C)=O)c[nH]1. The predicted octanol–water partition coefficient (Wildman–Crippen LogP) is 3.37. The second-order valence-corrected chi connectivity index (χ2v) is 6.10. The second-order valence-electron chi connectivity index (χ2n) is 5.70. The summed E-state index contributed by atoms with van der Waals surface area (Å²) in [7, 11) is 1.46. The van der Waals surface area contributed by atoms with Gasteiger partial charge in [-0.05, 0) is 38.5 Å². The first-order chi connectivity index (χ1) is 12.2. The minimum absolute atomic E-state index is 0.0924. The maximum absolute atomic E-state index is 12.3. The predicted molar refractivity (Wildman–Crippen MR) is 97.0 cm³/mol. The molecule has 2 rings (SSSR count). The molecule has 1 aromatic carbocycles. The fourth-order valence-corrected chi connectivity index (χ4v) is 2.31. The number of esters is 1. The highest BCUT2D eigenvalue weighted by Crippen LogP contribution is 2.31. The van der Waals surface area contributed by atoms with E-state index >= 15 is 0 Å². The van der Waals surface area contributed by atoms with E-state index in [1.807, 2.05) is 0 Å². The molecule has 0 saturated carbocycles. The van der Waals surface area contributed by atoms with Crippen LogP contribution in [0.1, 0.15) is 40.3 Å². The number of methoxy groups -OCH3 is 1. The first-order valence-corrected chi connectivity index (χ1v) is 8.16. The number of ketones is 1. The summed E-state index contributed by atoms with van der Waals surface area (Å²) in [4.78, 5) is 38.3. The van der Waals surface area contributed by atoms with E-state index < -0.39 is 18.0 Å². The molecule has 0 aliphatic rings. The summed E-state index contributed by atoms with van der Waals surface area (Å²) in [6, 6.07) is 4.63. The Hall–Kier alpha value is -2.80. The molecule has 1 heterocycles. The van der Waals surface area contributed by atoms with Gasteiger partial charge in [0.2, 0.25) is 0 Å². The molecule has 8 heteroatoms. The van der Waals surface area contributed by atoms with Crippen molar-refractivity contribution in [3.05, 3.63) is 46.2 Å². The number of benzene rings is 1. The largest absolute Gasteiger partial charge is 0.495 e. The Bertz CT molecular complexity index is 859. The Labute approximate surface area is 155 Å². The van der Waals surface area contributed by atoms with Crippen LogP contribution in [0.15, 0.2) is 24.4 Å². The Balaban J connectivity index is 2.06.